The molecule has 0 aliphatic heterocycles. The summed E-state index contributed by atoms with van der Waals surface area (Å²) in [6, 6.07) is 23.1. The molecule has 0 radical (unpaired) electrons. The molecule has 1 fully saturated rings. The van der Waals surface area contributed by atoms with Crippen molar-refractivity contribution in [3.8, 4) is 23.0 Å². The first kappa shape index (κ1) is 25.0. The standard InChI is InChI=1S/C30H30N6O2/c1-19-14-25(21-10-6-4-7-11-21)26(15-19)32-30(38)33-28-20(2)27(34-36(28)24-12-8-5-9-13-24)23-16-22(17-31)29(37)35(3)18-23/h4-13,16,18-19,25-26H,14-15H2,1-3H3,(H2,32,33,38)/t19?,25-,26+/m0/s1. The second-order valence-electron chi connectivity index (χ2n) is 10.0. The molecule has 2 heterocycles. The topological polar surface area (TPSA) is 105 Å². The number of rotatable bonds is 5. The predicted molar refractivity (Wildman–Crippen MR) is 147 cm³/mol. The third-order valence-corrected chi connectivity index (χ3v) is 7.27. The van der Waals surface area contributed by atoms with Crippen molar-refractivity contribution in [3.63, 3.8) is 0 Å². The average Bonchev–Trinajstić information content (AvgIpc) is 3.45. The molecule has 0 spiro atoms. The molecule has 2 amide bonds. The number of aromatic nitrogens is 3. The van der Waals surface area contributed by atoms with Gasteiger partial charge in [-0.1, -0.05) is 55.5 Å². The molecule has 192 valence electrons. The van der Waals surface area contributed by atoms with Crippen LogP contribution in [0.1, 0.15) is 42.4 Å². The van der Waals surface area contributed by atoms with E-state index in [0.29, 0.717) is 23.0 Å². The number of para-hydroxylation sites is 1. The maximum atomic E-state index is 13.4. The Kier molecular flexibility index (Phi) is 6.84. The summed E-state index contributed by atoms with van der Waals surface area (Å²) in [5.41, 5.74) is 3.60. The molecule has 0 bridgehead atoms. The number of nitriles is 1. The number of anilines is 1. The zero-order valence-corrected chi connectivity index (χ0v) is 21.7. The van der Waals surface area contributed by atoms with Crippen LogP contribution >= 0.6 is 0 Å². The number of carbonyl (C=O) groups is 1. The number of nitrogens with one attached hydrogen (secondary N) is 2. The van der Waals surface area contributed by atoms with Crippen LogP contribution in [0.3, 0.4) is 0 Å². The van der Waals surface area contributed by atoms with E-state index in [1.807, 2.05) is 61.5 Å². The molecule has 2 aromatic heterocycles. The van der Waals surface area contributed by atoms with Crippen LogP contribution in [0, 0.1) is 24.2 Å². The first-order valence-electron chi connectivity index (χ1n) is 12.7. The summed E-state index contributed by atoms with van der Waals surface area (Å²) in [4.78, 5) is 25.7. The van der Waals surface area contributed by atoms with Crippen LogP contribution in [0.2, 0.25) is 0 Å². The van der Waals surface area contributed by atoms with Gasteiger partial charge in [-0.3, -0.25) is 10.1 Å². The van der Waals surface area contributed by atoms with E-state index in [0.717, 1.165) is 24.1 Å². The van der Waals surface area contributed by atoms with Gasteiger partial charge < -0.3 is 9.88 Å². The summed E-state index contributed by atoms with van der Waals surface area (Å²) >= 11 is 0. The highest BCUT2D eigenvalue weighted by Gasteiger charge is 2.34. The predicted octanol–water partition coefficient (Wildman–Crippen LogP) is 5.12. The quantitative estimate of drug-likeness (QED) is 0.392. The van der Waals surface area contributed by atoms with Crippen molar-refractivity contribution in [2.45, 2.75) is 38.6 Å². The minimum Gasteiger partial charge on any atom is -0.334 e. The molecule has 2 N–H and O–H groups in total. The second kappa shape index (κ2) is 10.4. The minimum atomic E-state index is -0.368. The minimum absolute atomic E-state index is 0.0158. The van der Waals surface area contributed by atoms with Gasteiger partial charge in [0.15, 0.2) is 0 Å². The van der Waals surface area contributed by atoms with E-state index in [1.165, 1.54) is 10.1 Å². The lowest BCUT2D eigenvalue weighted by molar-refractivity contribution is 0.247. The van der Waals surface area contributed by atoms with Gasteiger partial charge in [-0.05, 0) is 49.4 Å². The highest BCUT2D eigenvalue weighted by Crippen LogP contribution is 2.38. The van der Waals surface area contributed by atoms with Crippen LogP contribution in [-0.4, -0.2) is 26.4 Å². The molecular weight excluding hydrogens is 476 g/mol. The van der Waals surface area contributed by atoms with E-state index < -0.39 is 0 Å². The molecule has 1 aliphatic carbocycles. The molecule has 3 atom stereocenters. The number of benzene rings is 2. The van der Waals surface area contributed by atoms with Gasteiger partial charge in [-0.25, -0.2) is 9.48 Å². The van der Waals surface area contributed by atoms with Crippen molar-refractivity contribution in [3.05, 3.63) is 100.0 Å². The number of pyridine rings is 1. The molecule has 8 nitrogen and oxygen atoms in total. The Labute approximate surface area is 221 Å². The maximum Gasteiger partial charge on any atom is 0.320 e. The smallest absolute Gasteiger partial charge is 0.320 e. The van der Waals surface area contributed by atoms with E-state index in [1.54, 1.807) is 24.0 Å². The first-order valence-corrected chi connectivity index (χ1v) is 12.7. The molecule has 1 saturated carbocycles. The SMILES string of the molecule is Cc1c(-c2cc(C#N)c(=O)n(C)c2)nn(-c2ccccc2)c1NC(=O)N[C@@H]1CC(C)C[C@H]1c1ccccc1. The summed E-state index contributed by atoms with van der Waals surface area (Å²) in [7, 11) is 1.61. The number of carbonyl (C=O) groups excluding carboxylic acids is 1. The normalized spacial score (nSPS) is 18.6. The Balaban J connectivity index is 1.49. The zero-order chi connectivity index (χ0) is 26.8. The van der Waals surface area contributed by atoms with Crippen molar-refractivity contribution in [1.29, 1.82) is 5.26 Å². The number of amides is 2. The lowest BCUT2D eigenvalue weighted by atomic mass is 9.94. The number of hydrogen-bond donors (Lipinski definition) is 2. The van der Waals surface area contributed by atoms with Gasteiger partial charge in [0.2, 0.25) is 0 Å². The highest BCUT2D eigenvalue weighted by atomic mass is 16.2. The maximum absolute atomic E-state index is 13.4. The molecule has 0 saturated heterocycles. The van der Waals surface area contributed by atoms with Crippen LogP contribution in [0.5, 0.6) is 0 Å². The zero-order valence-electron chi connectivity index (χ0n) is 21.7. The number of urea groups is 1. The molecule has 5 rings (SSSR count). The van der Waals surface area contributed by atoms with E-state index in [-0.39, 0.29) is 29.1 Å². The van der Waals surface area contributed by atoms with Crippen molar-refractivity contribution in [2.24, 2.45) is 13.0 Å². The summed E-state index contributed by atoms with van der Waals surface area (Å²) in [5, 5.41) is 20.5. The Bertz CT molecular complexity index is 1570. The first-order chi connectivity index (χ1) is 18.4. The summed E-state index contributed by atoms with van der Waals surface area (Å²) < 4.78 is 3.06. The summed E-state index contributed by atoms with van der Waals surface area (Å²) in [6.07, 6.45) is 3.58. The molecule has 1 aliphatic rings. The van der Waals surface area contributed by atoms with Gasteiger partial charge in [0.05, 0.1) is 11.4 Å². The van der Waals surface area contributed by atoms with Crippen LogP contribution in [0.15, 0.2) is 77.7 Å². The van der Waals surface area contributed by atoms with Gasteiger partial charge in [-0.15, -0.1) is 0 Å². The number of aryl methyl sites for hydroxylation is 1. The van der Waals surface area contributed by atoms with Gasteiger partial charge in [0.25, 0.3) is 5.56 Å². The largest absolute Gasteiger partial charge is 0.334 e. The molecule has 2 aromatic carbocycles. The summed E-state index contributed by atoms with van der Waals surface area (Å²) in [6.45, 7) is 4.10. The van der Waals surface area contributed by atoms with Crippen LogP contribution in [-0.2, 0) is 7.05 Å². The summed E-state index contributed by atoms with van der Waals surface area (Å²) in [5.74, 6) is 1.29. The van der Waals surface area contributed by atoms with Crippen LogP contribution in [0.4, 0.5) is 10.6 Å². The fourth-order valence-electron chi connectivity index (χ4n) is 5.43. The molecule has 38 heavy (non-hydrogen) atoms. The Morgan fingerprint density at radius 2 is 1.76 bits per heavy atom. The van der Waals surface area contributed by atoms with Gasteiger partial charge in [-0.2, -0.15) is 10.4 Å². The Hall–Kier alpha value is -4.64. The molecular formula is C30H30N6O2. The van der Waals surface area contributed by atoms with Gasteiger partial charge in [0.1, 0.15) is 17.5 Å². The van der Waals surface area contributed by atoms with E-state index in [2.05, 4.69) is 29.7 Å². The Morgan fingerprint density at radius 3 is 2.45 bits per heavy atom. The average molecular weight is 507 g/mol. The lowest BCUT2D eigenvalue weighted by Gasteiger charge is -2.22. The van der Waals surface area contributed by atoms with Crippen LogP contribution < -0.4 is 16.2 Å². The fraction of sp³-hybridized carbons (Fsp3) is 0.267. The highest BCUT2D eigenvalue weighted by molar-refractivity contribution is 5.91. The van der Waals surface area contributed by atoms with Crippen molar-refractivity contribution < 1.29 is 4.79 Å². The third-order valence-electron chi connectivity index (χ3n) is 7.27. The van der Waals surface area contributed by atoms with Gasteiger partial charge >= 0.3 is 6.03 Å². The molecule has 8 heteroatoms. The number of nitrogens with zero attached hydrogens (tertiary/aromatic N) is 4. The molecule has 4 aromatic rings. The van der Waals surface area contributed by atoms with Gasteiger partial charge in [0, 0.05) is 36.3 Å². The van der Waals surface area contributed by atoms with E-state index in [4.69, 9.17) is 5.10 Å². The van der Waals surface area contributed by atoms with Crippen LogP contribution in [0.25, 0.3) is 16.9 Å². The third kappa shape index (κ3) is 4.83. The Morgan fingerprint density at radius 1 is 1.08 bits per heavy atom. The molecule has 1 unspecified atom stereocenters. The second-order valence-corrected chi connectivity index (χ2v) is 10.0. The van der Waals surface area contributed by atoms with Crippen molar-refractivity contribution in [1.82, 2.24) is 19.7 Å². The van der Waals surface area contributed by atoms with Crippen molar-refractivity contribution >= 4 is 11.8 Å². The fourth-order valence-corrected chi connectivity index (χ4v) is 5.43. The van der Waals surface area contributed by atoms with E-state index in [9.17, 15) is 14.9 Å². The van der Waals surface area contributed by atoms with E-state index >= 15 is 0 Å². The number of hydrogen-bond acceptors (Lipinski definition) is 4. The monoisotopic (exact) mass is 506 g/mol. The lowest BCUT2D eigenvalue weighted by Crippen LogP contribution is -2.39. The van der Waals surface area contributed by atoms with Crippen molar-refractivity contribution in [2.75, 3.05) is 5.32 Å².